The van der Waals surface area contributed by atoms with Crippen molar-refractivity contribution >= 4 is 16.0 Å². The number of rotatable bonds is 0. The van der Waals surface area contributed by atoms with Gasteiger partial charge in [-0.1, -0.05) is 0 Å². The fraction of sp³-hybridized carbons (Fsp3) is 0. The summed E-state index contributed by atoms with van der Waals surface area (Å²) in [6.07, 6.45) is 0.500. The Labute approximate surface area is 27.3 Å². The molecule has 4 heavy (non-hydrogen) atoms. The molecule has 3 heteroatoms. The van der Waals surface area contributed by atoms with Gasteiger partial charge in [0.15, 0.2) is 0 Å². The Morgan fingerprint density at radius 2 is 1.75 bits per heavy atom. The van der Waals surface area contributed by atoms with Crippen LogP contribution >= 0.6 is 9.90 Å². The van der Waals surface area contributed by atoms with Crippen LogP contribution in [0.1, 0.15) is 0 Å². The Hall–Kier alpha value is -0.190. The third-order valence-corrected chi connectivity index (χ3v) is 0. The van der Waals surface area contributed by atoms with E-state index in [-0.39, 0.29) is 9.90 Å². The fourth-order valence-corrected chi connectivity index (χ4v) is 0. The zero-order valence-corrected chi connectivity index (χ0v) is 4.36. The Kier molecular flexibility index (Phi) is 32.2. The Morgan fingerprint density at radius 3 is 1.75 bits per heavy atom. The summed E-state index contributed by atoms with van der Waals surface area (Å²) >= 11 is 0. The smallest absolute Gasteiger partial charge is 0.0159 e. The molecule has 1 unspecified atom stereocenters. The fourth-order valence-electron chi connectivity index (χ4n) is 0. The third kappa shape index (κ3) is 32.9. The lowest BCUT2D eigenvalue weighted by Gasteiger charge is -1.32. The van der Waals surface area contributed by atoms with Gasteiger partial charge >= 0.3 is 0 Å². The number of isocyanates is 1. The predicted molar refractivity (Wildman–Crippen MR) is 21.6 cm³/mol. The monoisotopic (exact) mass is 77.0 g/mol. The average molecular weight is 77.0 g/mol. The molecule has 0 aromatic heterocycles. The normalized spacial score (nSPS) is 2.00. The molecule has 0 bridgehead atoms. The van der Waals surface area contributed by atoms with E-state index < -0.39 is 0 Å². The first-order valence-electron chi connectivity index (χ1n) is 0.428. The topological polar surface area (TPSA) is 39.4 Å². The van der Waals surface area contributed by atoms with E-state index in [0.29, 0.717) is 6.08 Å². The number of hydrogen-bond donors (Lipinski definition) is 0. The molecule has 0 saturated carbocycles. The van der Waals surface area contributed by atoms with Gasteiger partial charge in [0.05, 0.1) is 0 Å². The second-order valence-corrected chi connectivity index (χ2v) is 0.0913. The van der Waals surface area contributed by atoms with Crippen molar-refractivity contribution in [1.29, 1.82) is 0 Å². The summed E-state index contributed by atoms with van der Waals surface area (Å²) in [6, 6.07) is 0. The van der Waals surface area contributed by atoms with Crippen LogP contribution in [0.4, 0.5) is 0 Å². The molecule has 0 aliphatic rings. The third-order valence-electron chi connectivity index (χ3n) is 0. The van der Waals surface area contributed by atoms with Gasteiger partial charge in [0.25, 0.3) is 0 Å². The molecule has 0 amide bonds. The predicted octanol–water partition coefficient (Wildman–Crippen LogP) is -0.318. The maximum atomic E-state index is 8.24. The number of hydrogen-bond acceptors (Lipinski definition) is 1. The van der Waals surface area contributed by atoms with Crippen molar-refractivity contribution in [2.45, 2.75) is 0 Å². The van der Waals surface area contributed by atoms with Gasteiger partial charge in [-0.05, 0) is 16.0 Å². The summed E-state index contributed by atoms with van der Waals surface area (Å²) in [7, 11) is 0. The molecule has 0 saturated heterocycles. The molecular weight excluding hydrogens is 73.0 g/mol. The minimum atomic E-state index is 0. The first-order valence-corrected chi connectivity index (χ1v) is 0.428. The highest BCUT2D eigenvalue weighted by Crippen LogP contribution is 0.949. The van der Waals surface area contributed by atoms with E-state index in [4.69, 9.17) is 10.2 Å². The highest BCUT2D eigenvalue weighted by molar-refractivity contribution is 6.92. The molecule has 0 aromatic carbocycles. The maximum Gasteiger partial charge on any atom is -0.0159 e. The van der Waals surface area contributed by atoms with Gasteiger partial charge in [-0.3, -0.25) is 4.79 Å². The van der Waals surface area contributed by atoms with Crippen molar-refractivity contribution < 1.29 is 4.79 Å². The van der Waals surface area contributed by atoms with Gasteiger partial charge in [0.1, 0.15) is 0 Å². The maximum absolute atomic E-state index is 8.24. The summed E-state index contributed by atoms with van der Waals surface area (Å²) in [5.41, 5.74) is 0. The van der Waals surface area contributed by atoms with E-state index in [9.17, 15) is 0 Å². The zero-order valence-electron chi connectivity index (χ0n) is 2.36. The quantitative estimate of drug-likeness (QED) is 0.222. The van der Waals surface area contributed by atoms with Crippen LogP contribution in [0.25, 0.3) is 5.41 Å². The summed E-state index contributed by atoms with van der Waals surface area (Å²) < 4.78 is 0. The lowest BCUT2D eigenvalue weighted by atomic mass is 11.7. The average Bonchev–Trinajstić information content (AvgIpc) is 0.918. The van der Waals surface area contributed by atoms with E-state index >= 15 is 0 Å². The van der Waals surface area contributed by atoms with Gasteiger partial charge in [0.2, 0.25) is 0 Å². The second-order valence-electron chi connectivity index (χ2n) is 0.0913. The molecular formula is CH4NOP. The zero-order chi connectivity index (χ0) is 2.71. The van der Waals surface area contributed by atoms with Gasteiger partial charge in [0, 0.05) is 0 Å². The lowest BCUT2D eigenvalue weighted by molar-refractivity contribution is 0.569. The molecule has 0 spiro atoms. The van der Waals surface area contributed by atoms with E-state index in [1.54, 1.807) is 0 Å². The Bertz CT molecular complexity index is 29.0. The van der Waals surface area contributed by atoms with Crippen LogP contribution in [0.15, 0.2) is 0 Å². The van der Waals surface area contributed by atoms with Crippen LogP contribution < -0.4 is 0 Å². The van der Waals surface area contributed by atoms with Gasteiger partial charge in [-0.25, -0.2) is 0 Å². The van der Waals surface area contributed by atoms with Gasteiger partial charge < -0.3 is 5.41 Å². The van der Waals surface area contributed by atoms with E-state index in [1.807, 2.05) is 0 Å². The molecule has 0 radical (unpaired) electrons. The SMILES string of the molecule is [N-]=C=O.[PH4+]. The largest absolute Gasteiger partial charge is 0.724 e. The van der Waals surface area contributed by atoms with Gasteiger partial charge in [-0.2, -0.15) is 0 Å². The summed E-state index contributed by atoms with van der Waals surface area (Å²) in [6.45, 7) is 0. The van der Waals surface area contributed by atoms with Crippen LogP contribution in [0, 0.1) is 0 Å². The van der Waals surface area contributed by atoms with Crippen LogP contribution in [0.5, 0.6) is 0 Å². The van der Waals surface area contributed by atoms with Gasteiger partial charge in [-0.15, -0.1) is 0 Å². The number of nitrogens with zero attached hydrogens (tertiary/aromatic N) is 1. The highest BCUT2D eigenvalue weighted by Gasteiger charge is 0.791. The molecule has 0 heterocycles. The molecule has 0 aliphatic heterocycles. The van der Waals surface area contributed by atoms with Crippen LogP contribution in [0.2, 0.25) is 0 Å². The van der Waals surface area contributed by atoms with E-state index in [2.05, 4.69) is 0 Å². The van der Waals surface area contributed by atoms with Crippen molar-refractivity contribution in [2.24, 2.45) is 0 Å². The lowest BCUT2D eigenvalue weighted by Crippen LogP contribution is -1.13. The van der Waals surface area contributed by atoms with Crippen molar-refractivity contribution in [3.63, 3.8) is 0 Å². The van der Waals surface area contributed by atoms with Crippen LogP contribution in [-0.4, -0.2) is 6.08 Å². The molecule has 0 aromatic rings. The van der Waals surface area contributed by atoms with Crippen LogP contribution in [-0.2, 0) is 4.79 Å². The van der Waals surface area contributed by atoms with Crippen molar-refractivity contribution in [2.75, 3.05) is 0 Å². The minimum Gasteiger partial charge on any atom is -0.724 e. The Morgan fingerprint density at radius 1 is 1.75 bits per heavy atom. The van der Waals surface area contributed by atoms with Crippen molar-refractivity contribution in [3.8, 4) is 0 Å². The second kappa shape index (κ2) is 14.0. The summed E-state index contributed by atoms with van der Waals surface area (Å²) in [5, 5.41) is 6.76. The van der Waals surface area contributed by atoms with E-state index in [1.165, 1.54) is 0 Å². The first-order chi connectivity index (χ1) is 1.41. The first kappa shape index (κ1) is 9.18. The van der Waals surface area contributed by atoms with Crippen molar-refractivity contribution in [1.82, 2.24) is 0 Å². The molecule has 0 aliphatic carbocycles. The highest BCUT2D eigenvalue weighted by atomic mass is 31.0. The number of carbonyl (C=O) groups excluding carboxylic acids is 1. The van der Waals surface area contributed by atoms with E-state index in [0.717, 1.165) is 0 Å². The molecule has 1 atom stereocenters. The Balaban J connectivity index is 0. The molecule has 24 valence electrons. The van der Waals surface area contributed by atoms with Crippen molar-refractivity contribution in [3.05, 3.63) is 5.41 Å². The molecule has 0 N–H and O–H groups in total. The summed E-state index contributed by atoms with van der Waals surface area (Å²) in [4.78, 5) is 8.24. The molecule has 0 rings (SSSR count). The molecule has 0 fully saturated rings. The van der Waals surface area contributed by atoms with Crippen LogP contribution in [0.3, 0.4) is 0 Å². The standard InChI is InChI=1S/CNO.H3P/c2-1-3;/h;1H3/q-1;/p+1. The molecule has 2 nitrogen and oxygen atoms in total. The summed E-state index contributed by atoms with van der Waals surface area (Å²) in [5.74, 6) is 0. The minimum absolute atomic E-state index is 0.